The molecule has 2 rings (SSSR count). The van der Waals surface area contributed by atoms with Crippen LogP contribution < -0.4 is 3.58 Å². The van der Waals surface area contributed by atoms with E-state index in [0.29, 0.717) is 5.82 Å². The number of amides is 1. The van der Waals surface area contributed by atoms with E-state index < -0.39 is 42.6 Å². The zero-order valence-corrected chi connectivity index (χ0v) is 20.5. The minimum absolute atomic E-state index is 0.0949. The van der Waals surface area contributed by atoms with Crippen LogP contribution in [-0.4, -0.2) is 73.0 Å². The number of rotatable bonds is 6. The zero-order chi connectivity index (χ0) is 21.8. The molecule has 9 nitrogen and oxygen atoms in total. The van der Waals surface area contributed by atoms with Crippen molar-refractivity contribution in [1.29, 1.82) is 0 Å². The van der Waals surface area contributed by atoms with Gasteiger partial charge < -0.3 is 0 Å². The Hall–Kier alpha value is -2.30. The third-order valence-electron chi connectivity index (χ3n) is 3.88. The zero-order valence-electron chi connectivity index (χ0n) is 17.6. The van der Waals surface area contributed by atoms with Gasteiger partial charge >= 0.3 is 175 Å². The van der Waals surface area contributed by atoms with Crippen molar-refractivity contribution >= 4 is 34.0 Å². The number of carboxylic acids is 1. The molecule has 0 aliphatic heterocycles. The van der Waals surface area contributed by atoms with Gasteiger partial charge in [0.05, 0.1) is 0 Å². The number of carbonyl (C=O) groups excluding carboxylic acids is 1. The first-order valence-electron chi connectivity index (χ1n) is 9.20. The molecule has 2 aromatic rings. The number of benzene rings is 1. The summed E-state index contributed by atoms with van der Waals surface area (Å²) in [6, 6.07) is 5.90. The van der Waals surface area contributed by atoms with E-state index in [1.165, 1.54) is 14.8 Å². The van der Waals surface area contributed by atoms with E-state index in [0.717, 1.165) is 11.1 Å². The maximum atomic E-state index is 12.5. The van der Waals surface area contributed by atoms with E-state index in [1.54, 1.807) is 20.8 Å². The first kappa shape index (κ1) is 23.0. The van der Waals surface area contributed by atoms with Crippen LogP contribution in [0.4, 0.5) is 4.79 Å². The van der Waals surface area contributed by atoms with E-state index in [1.807, 2.05) is 18.2 Å². The number of hydrogen-bond acceptors (Lipinski definition) is 7. The third-order valence-corrected chi connectivity index (χ3v) is 9.64. The molecule has 0 radical (unpaired) electrons. The Morgan fingerprint density at radius 2 is 1.72 bits per heavy atom. The molecule has 0 spiro atoms. The van der Waals surface area contributed by atoms with Crippen molar-refractivity contribution < 1.29 is 19.4 Å². The van der Waals surface area contributed by atoms with Gasteiger partial charge in [0.15, 0.2) is 0 Å². The molecule has 10 heteroatoms. The summed E-state index contributed by atoms with van der Waals surface area (Å²) in [6.07, 6.45) is 0.583. The van der Waals surface area contributed by atoms with Crippen molar-refractivity contribution in [3.05, 3.63) is 30.1 Å². The second kappa shape index (κ2) is 9.02. The van der Waals surface area contributed by atoms with Crippen molar-refractivity contribution in [1.82, 2.24) is 25.3 Å². The summed E-state index contributed by atoms with van der Waals surface area (Å²) in [6.45, 7) is 4.85. The van der Waals surface area contributed by atoms with Crippen LogP contribution in [0.5, 0.6) is 0 Å². The van der Waals surface area contributed by atoms with Crippen molar-refractivity contribution in [3.63, 3.8) is 0 Å². The molecular weight excluding hydrogens is 481 g/mol. The first-order chi connectivity index (χ1) is 13.3. The van der Waals surface area contributed by atoms with Crippen molar-refractivity contribution in [2.75, 3.05) is 6.54 Å². The summed E-state index contributed by atoms with van der Waals surface area (Å²) in [5, 5.41) is 24.9. The predicted octanol–water partition coefficient (Wildman–Crippen LogP) is 2.30. The number of hydrogen-bond donors (Lipinski definition) is 1. The SMILES string of the molecule is CC(C)(C)OC(=O)N(CC(=O)O)Cc1cc(-c2nncnn2)c[c]([Sn]([CH3])([CH3])[CH3])c1. The standard InChI is InChI=1S/C16H18N5O4.3CH3.Sn/c1-16(2,3)25-15(24)21(9-13(22)23)8-11-5-4-6-12(7-11)14-19-17-10-18-20-14;;;;/h5-7,10H,8-9H2,1-3H3,(H,22,23);3*1H3;. The fourth-order valence-corrected chi connectivity index (χ4v) is 6.00. The van der Waals surface area contributed by atoms with Crippen LogP contribution in [0.15, 0.2) is 24.5 Å². The quantitative estimate of drug-likeness (QED) is 0.591. The Morgan fingerprint density at radius 1 is 1.10 bits per heavy atom. The Balaban J connectivity index is 2.44. The Labute approximate surface area is 174 Å². The van der Waals surface area contributed by atoms with Crippen LogP contribution in [0.1, 0.15) is 26.3 Å². The van der Waals surface area contributed by atoms with Crippen molar-refractivity contribution in [2.45, 2.75) is 47.7 Å². The van der Waals surface area contributed by atoms with Gasteiger partial charge in [0.2, 0.25) is 0 Å². The van der Waals surface area contributed by atoms with E-state index in [4.69, 9.17) is 4.74 Å². The number of carbonyl (C=O) groups is 2. The molecule has 0 aliphatic carbocycles. The minimum atomic E-state index is -2.51. The Kier molecular flexibility index (Phi) is 7.15. The van der Waals surface area contributed by atoms with E-state index in [2.05, 4.69) is 35.2 Å². The molecule has 0 aliphatic rings. The van der Waals surface area contributed by atoms with Gasteiger partial charge in [-0.05, 0) is 0 Å². The van der Waals surface area contributed by atoms with E-state index in [-0.39, 0.29) is 6.54 Å². The molecule has 1 N–H and O–H groups in total. The molecule has 29 heavy (non-hydrogen) atoms. The van der Waals surface area contributed by atoms with Gasteiger partial charge in [-0.25, -0.2) is 0 Å². The average Bonchev–Trinajstić information content (AvgIpc) is 2.59. The molecular formula is C19H27N5O4Sn. The van der Waals surface area contributed by atoms with Crippen LogP contribution >= 0.6 is 0 Å². The molecule has 0 bridgehead atoms. The van der Waals surface area contributed by atoms with Crippen LogP contribution in [0, 0.1) is 0 Å². The van der Waals surface area contributed by atoms with E-state index in [9.17, 15) is 14.7 Å². The summed E-state index contributed by atoms with van der Waals surface area (Å²) >= 11 is -2.51. The average molecular weight is 508 g/mol. The second-order valence-corrected chi connectivity index (χ2v) is 23.3. The maximum absolute atomic E-state index is 12.5. The molecule has 0 saturated carbocycles. The van der Waals surface area contributed by atoms with Gasteiger partial charge in [0, 0.05) is 0 Å². The molecule has 1 heterocycles. The number of ether oxygens (including phenoxy) is 1. The van der Waals surface area contributed by atoms with Crippen LogP contribution in [0.3, 0.4) is 0 Å². The molecule has 0 fully saturated rings. The number of aromatic nitrogens is 4. The monoisotopic (exact) mass is 509 g/mol. The topological polar surface area (TPSA) is 118 Å². The molecule has 0 unspecified atom stereocenters. The van der Waals surface area contributed by atoms with Gasteiger partial charge in [-0.3, -0.25) is 0 Å². The predicted molar refractivity (Wildman–Crippen MR) is 110 cm³/mol. The summed E-state index contributed by atoms with van der Waals surface area (Å²) in [4.78, 5) is 31.8. The van der Waals surface area contributed by atoms with Gasteiger partial charge in [0.1, 0.15) is 0 Å². The number of aliphatic carboxylic acids is 1. The fraction of sp³-hybridized carbons (Fsp3) is 0.474. The normalized spacial score (nSPS) is 11.8. The molecule has 1 aromatic carbocycles. The third kappa shape index (κ3) is 7.22. The van der Waals surface area contributed by atoms with Gasteiger partial charge in [-0.1, -0.05) is 0 Å². The molecule has 156 valence electrons. The molecule has 0 saturated heterocycles. The number of nitrogens with zero attached hydrogens (tertiary/aromatic N) is 5. The first-order valence-corrected chi connectivity index (χ1v) is 19.2. The summed E-state index contributed by atoms with van der Waals surface area (Å²) in [7, 11) is 0. The van der Waals surface area contributed by atoms with Crippen LogP contribution in [-0.2, 0) is 16.1 Å². The molecule has 1 aromatic heterocycles. The Bertz CT molecular complexity index is 878. The second-order valence-electron chi connectivity index (χ2n) is 8.77. The molecule has 1 amide bonds. The van der Waals surface area contributed by atoms with Crippen LogP contribution in [0.2, 0.25) is 14.8 Å². The Morgan fingerprint density at radius 3 is 2.24 bits per heavy atom. The summed E-state index contributed by atoms with van der Waals surface area (Å²) in [5.41, 5.74) is 0.797. The van der Waals surface area contributed by atoms with Crippen molar-refractivity contribution in [2.24, 2.45) is 0 Å². The van der Waals surface area contributed by atoms with Gasteiger partial charge in [-0.15, -0.1) is 0 Å². The van der Waals surface area contributed by atoms with E-state index >= 15 is 0 Å². The van der Waals surface area contributed by atoms with Crippen LogP contribution in [0.25, 0.3) is 11.4 Å². The summed E-state index contributed by atoms with van der Waals surface area (Å²) in [5.74, 6) is -0.727. The fourth-order valence-electron chi connectivity index (χ4n) is 2.56. The number of carboxylic acid groups (broad SMARTS) is 1. The van der Waals surface area contributed by atoms with Gasteiger partial charge in [0.25, 0.3) is 0 Å². The van der Waals surface area contributed by atoms with Gasteiger partial charge in [-0.2, -0.15) is 0 Å². The molecule has 0 atom stereocenters. The van der Waals surface area contributed by atoms with Crippen molar-refractivity contribution in [3.8, 4) is 11.4 Å². The summed E-state index contributed by atoms with van der Waals surface area (Å²) < 4.78 is 6.57.